The molecule has 1 aromatic carbocycles. The van der Waals surface area contributed by atoms with Gasteiger partial charge in [-0.05, 0) is 35.0 Å². The van der Waals surface area contributed by atoms with Gasteiger partial charge in [0, 0.05) is 18.7 Å². The summed E-state index contributed by atoms with van der Waals surface area (Å²) in [5.74, 6) is -0.254. The van der Waals surface area contributed by atoms with Gasteiger partial charge in [-0.2, -0.15) is 0 Å². The fourth-order valence-corrected chi connectivity index (χ4v) is 2.59. The normalized spacial score (nSPS) is 18.1. The summed E-state index contributed by atoms with van der Waals surface area (Å²) in [4.78, 5) is 26.2. The van der Waals surface area contributed by atoms with Crippen LogP contribution in [0.2, 0.25) is 0 Å². The number of nitrogens with zero attached hydrogens (tertiary/aromatic N) is 5. The molecule has 2 heterocycles. The van der Waals surface area contributed by atoms with Crippen molar-refractivity contribution in [1.29, 1.82) is 0 Å². The van der Waals surface area contributed by atoms with Crippen LogP contribution in [-0.2, 0) is 4.79 Å². The molecule has 1 saturated heterocycles. The summed E-state index contributed by atoms with van der Waals surface area (Å²) in [6.07, 6.45) is 2.05. The monoisotopic (exact) mass is 300 g/mol. The Hall–Kier alpha value is -2.77. The Morgan fingerprint density at radius 3 is 3.05 bits per heavy atom. The molecule has 1 aliphatic heterocycles. The maximum atomic E-state index is 12.7. The van der Waals surface area contributed by atoms with Crippen molar-refractivity contribution >= 4 is 11.8 Å². The molecule has 0 bridgehead atoms. The first-order valence-electron chi connectivity index (χ1n) is 7.13. The molecule has 8 heteroatoms. The third kappa shape index (κ3) is 2.54. The number of benzene rings is 1. The van der Waals surface area contributed by atoms with Gasteiger partial charge in [-0.25, -0.2) is 4.68 Å². The van der Waals surface area contributed by atoms with Crippen LogP contribution < -0.4 is 5.32 Å². The number of carbonyl (C=O) groups is 2. The zero-order valence-corrected chi connectivity index (χ0v) is 12.1. The van der Waals surface area contributed by atoms with Gasteiger partial charge in [-0.15, -0.1) is 5.10 Å². The third-order valence-electron chi connectivity index (χ3n) is 3.69. The van der Waals surface area contributed by atoms with Crippen LogP contribution in [-0.4, -0.2) is 56.1 Å². The molecule has 1 aliphatic rings. The third-order valence-corrected chi connectivity index (χ3v) is 3.69. The lowest BCUT2D eigenvalue weighted by molar-refractivity contribution is -0.127. The van der Waals surface area contributed by atoms with E-state index in [1.54, 1.807) is 23.1 Å². The summed E-state index contributed by atoms with van der Waals surface area (Å²) in [7, 11) is 0. The molecule has 1 fully saturated rings. The minimum atomic E-state index is -0.419. The Labute approximate surface area is 127 Å². The Kier molecular flexibility index (Phi) is 3.82. The highest BCUT2D eigenvalue weighted by Crippen LogP contribution is 2.16. The van der Waals surface area contributed by atoms with Gasteiger partial charge in [-0.1, -0.05) is 13.0 Å². The number of hydrogen-bond acceptors (Lipinski definition) is 5. The van der Waals surface area contributed by atoms with E-state index in [0.717, 1.165) is 0 Å². The molecule has 0 saturated carbocycles. The lowest BCUT2D eigenvalue weighted by Crippen LogP contribution is -2.56. The van der Waals surface area contributed by atoms with Gasteiger partial charge >= 0.3 is 0 Å². The van der Waals surface area contributed by atoms with Crippen molar-refractivity contribution in [3.05, 3.63) is 36.2 Å². The highest BCUT2D eigenvalue weighted by Gasteiger charge is 2.32. The highest BCUT2D eigenvalue weighted by molar-refractivity contribution is 5.98. The highest BCUT2D eigenvalue weighted by atomic mass is 16.2. The van der Waals surface area contributed by atoms with Gasteiger partial charge in [0.25, 0.3) is 5.91 Å². The quantitative estimate of drug-likeness (QED) is 0.862. The summed E-state index contributed by atoms with van der Waals surface area (Å²) in [5.41, 5.74) is 1.21. The van der Waals surface area contributed by atoms with Crippen molar-refractivity contribution in [2.24, 2.45) is 0 Å². The zero-order valence-electron chi connectivity index (χ0n) is 12.1. The zero-order chi connectivity index (χ0) is 15.5. The fourth-order valence-electron chi connectivity index (χ4n) is 2.59. The van der Waals surface area contributed by atoms with E-state index in [1.165, 1.54) is 11.0 Å². The number of nitrogens with one attached hydrogen (secondary N) is 1. The van der Waals surface area contributed by atoms with E-state index in [1.807, 2.05) is 13.0 Å². The fraction of sp³-hybridized carbons (Fsp3) is 0.357. The average molecular weight is 300 g/mol. The maximum Gasteiger partial charge on any atom is 0.254 e. The smallest absolute Gasteiger partial charge is 0.254 e. The van der Waals surface area contributed by atoms with Crippen LogP contribution >= 0.6 is 0 Å². The second-order valence-corrected chi connectivity index (χ2v) is 5.02. The van der Waals surface area contributed by atoms with E-state index in [-0.39, 0.29) is 11.8 Å². The molecular weight excluding hydrogens is 284 g/mol. The van der Waals surface area contributed by atoms with E-state index in [0.29, 0.717) is 30.8 Å². The van der Waals surface area contributed by atoms with E-state index in [4.69, 9.17) is 0 Å². The molecule has 1 aromatic heterocycles. The van der Waals surface area contributed by atoms with Crippen molar-refractivity contribution in [3.8, 4) is 5.69 Å². The number of tetrazole rings is 1. The molecule has 22 heavy (non-hydrogen) atoms. The Morgan fingerprint density at radius 2 is 2.32 bits per heavy atom. The topological polar surface area (TPSA) is 93.0 Å². The van der Waals surface area contributed by atoms with Crippen molar-refractivity contribution in [3.63, 3.8) is 0 Å². The molecule has 1 unspecified atom stereocenters. The minimum Gasteiger partial charge on any atom is -0.353 e. The van der Waals surface area contributed by atoms with E-state index in [2.05, 4.69) is 20.8 Å². The number of piperazine rings is 1. The second-order valence-electron chi connectivity index (χ2n) is 5.02. The molecule has 1 N–H and O–H groups in total. The first kappa shape index (κ1) is 14.2. The molecule has 1 atom stereocenters. The SMILES string of the molecule is CCC1C(=O)NCCN1C(=O)c1cccc(-n2cnnn2)c1. The van der Waals surface area contributed by atoms with Crippen molar-refractivity contribution in [2.75, 3.05) is 13.1 Å². The predicted molar refractivity (Wildman–Crippen MR) is 77.3 cm³/mol. The van der Waals surface area contributed by atoms with Gasteiger partial charge in [0.05, 0.1) is 5.69 Å². The van der Waals surface area contributed by atoms with Crippen LogP contribution in [0.15, 0.2) is 30.6 Å². The van der Waals surface area contributed by atoms with Crippen molar-refractivity contribution in [1.82, 2.24) is 30.4 Å². The standard InChI is InChI=1S/C14H16N6O2/c1-2-12-13(21)15-6-7-19(12)14(22)10-4-3-5-11(8-10)20-9-16-17-18-20/h3-5,8-9,12H,2,6-7H2,1H3,(H,15,21). The number of amides is 2. The summed E-state index contributed by atoms with van der Waals surface area (Å²) in [6.45, 7) is 2.89. The first-order chi connectivity index (χ1) is 10.7. The second kappa shape index (κ2) is 5.92. The molecule has 8 nitrogen and oxygen atoms in total. The van der Waals surface area contributed by atoms with Gasteiger partial charge in [0.2, 0.25) is 5.91 Å². The van der Waals surface area contributed by atoms with Crippen molar-refractivity contribution in [2.45, 2.75) is 19.4 Å². The molecule has 0 spiro atoms. The molecule has 2 aromatic rings. The van der Waals surface area contributed by atoms with Gasteiger partial charge in [0.1, 0.15) is 12.4 Å². The van der Waals surface area contributed by atoms with Crippen molar-refractivity contribution < 1.29 is 9.59 Å². The molecule has 114 valence electrons. The largest absolute Gasteiger partial charge is 0.353 e. The number of rotatable bonds is 3. The van der Waals surface area contributed by atoms with E-state index >= 15 is 0 Å². The summed E-state index contributed by atoms with van der Waals surface area (Å²) < 4.78 is 1.48. The van der Waals surface area contributed by atoms with Gasteiger partial charge < -0.3 is 10.2 Å². The van der Waals surface area contributed by atoms with E-state index in [9.17, 15) is 9.59 Å². The average Bonchev–Trinajstić information content (AvgIpc) is 3.08. The molecular formula is C14H16N6O2. The van der Waals surface area contributed by atoms with Gasteiger partial charge in [0.15, 0.2) is 0 Å². The number of aromatic nitrogens is 4. The van der Waals surface area contributed by atoms with Crippen LogP contribution in [0.4, 0.5) is 0 Å². The first-order valence-corrected chi connectivity index (χ1v) is 7.13. The molecule has 3 rings (SSSR count). The predicted octanol–water partition coefficient (Wildman–Crippen LogP) is 0.0129. The summed E-state index contributed by atoms with van der Waals surface area (Å²) >= 11 is 0. The Morgan fingerprint density at radius 1 is 1.45 bits per heavy atom. The molecule has 0 aliphatic carbocycles. The van der Waals surface area contributed by atoms with Crippen LogP contribution in [0.5, 0.6) is 0 Å². The summed E-state index contributed by atoms with van der Waals surface area (Å²) in [6, 6.07) is 6.62. The Balaban J connectivity index is 1.88. The molecule has 0 radical (unpaired) electrons. The minimum absolute atomic E-state index is 0.0984. The van der Waals surface area contributed by atoms with Crippen LogP contribution in [0.3, 0.4) is 0 Å². The van der Waals surface area contributed by atoms with Crippen LogP contribution in [0.1, 0.15) is 23.7 Å². The molecule has 2 amide bonds. The Bertz CT molecular complexity index is 684. The number of carbonyl (C=O) groups excluding carboxylic acids is 2. The number of hydrogen-bond donors (Lipinski definition) is 1. The lowest BCUT2D eigenvalue weighted by Gasteiger charge is -2.34. The van der Waals surface area contributed by atoms with Crippen LogP contribution in [0, 0.1) is 0 Å². The summed E-state index contributed by atoms with van der Waals surface area (Å²) in [5, 5.41) is 13.8. The maximum absolute atomic E-state index is 12.7. The van der Waals surface area contributed by atoms with Crippen LogP contribution in [0.25, 0.3) is 5.69 Å². The van der Waals surface area contributed by atoms with E-state index < -0.39 is 6.04 Å². The van der Waals surface area contributed by atoms with Gasteiger partial charge in [-0.3, -0.25) is 9.59 Å². The lowest BCUT2D eigenvalue weighted by atomic mass is 10.1.